The molecule has 0 aromatic heterocycles. The van der Waals surface area contributed by atoms with Gasteiger partial charge in [-0.2, -0.15) is 0 Å². The Morgan fingerprint density at radius 1 is 0.615 bits per heavy atom. The molecule has 0 saturated carbocycles. The fourth-order valence-electron chi connectivity index (χ4n) is 3.96. The van der Waals surface area contributed by atoms with Gasteiger partial charge in [0, 0.05) is 96.3 Å². The first-order valence-corrected chi connectivity index (χ1v) is 16.1. The Bertz CT molecular complexity index is 1280. The lowest BCUT2D eigenvalue weighted by Gasteiger charge is -2.14. The number of ether oxygens (including phenoxy) is 3. The standard InChI is InChI=1S/C11H17N3O4.2C10H15N3O4/c1-8(2)10(16)18-7-9(15)12-3-5-14-6-4-13-11(14)17;2*1-2-9(15)17-7-8(14)11-3-5-13-6-4-12-10(13)16/h1,3-7H2,2H3,(H,12,15)(H,13,17);2*2H,1,3-7H2,(H,11,14)(H,12,16). The van der Waals surface area contributed by atoms with Crippen LogP contribution in [0.3, 0.4) is 0 Å². The van der Waals surface area contributed by atoms with Gasteiger partial charge in [0.05, 0.1) is 0 Å². The minimum absolute atomic E-state index is 0.127. The molecule has 3 saturated heterocycles. The zero-order valence-electron chi connectivity index (χ0n) is 29.1. The van der Waals surface area contributed by atoms with Crippen LogP contribution in [0.5, 0.6) is 0 Å². The first-order valence-electron chi connectivity index (χ1n) is 16.1. The van der Waals surface area contributed by atoms with Crippen LogP contribution in [0.1, 0.15) is 6.92 Å². The van der Waals surface area contributed by atoms with Gasteiger partial charge in [0.25, 0.3) is 17.7 Å². The molecule has 3 heterocycles. The maximum absolute atomic E-state index is 11.3. The summed E-state index contributed by atoms with van der Waals surface area (Å²) in [6, 6.07) is -0.382. The average Bonchev–Trinajstić information content (AvgIpc) is 3.86. The van der Waals surface area contributed by atoms with Gasteiger partial charge >= 0.3 is 36.0 Å². The molecule has 52 heavy (non-hydrogen) atoms. The Labute approximate surface area is 300 Å². The van der Waals surface area contributed by atoms with Crippen LogP contribution in [0.2, 0.25) is 0 Å². The third kappa shape index (κ3) is 19.1. The molecular weight excluding hydrogens is 690 g/mol. The van der Waals surface area contributed by atoms with Crippen molar-refractivity contribution in [2.75, 3.05) is 98.4 Å². The van der Waals surface area contributed by atoms with Crippen LogP contribution in [0, 0.1) is 0 Å². The van der Waals surface area contributed by atoms with Crippen molar-refractivity contribution in [1.29, 1.82) is 0 Å². The number of nitrogens with one attached hydrogen (secondary N) is 6. The van der Waals surface area contributed by atoms with E-state index in [1.54, 1.807) is 14.7 Å². The maximum atomic E-state index is 11.3. The van der Waals surface area contributed by atoms with Gasteiger partial charge in [0.1, 0.15) is 0 Å². The molecule has 0 unspecified atom stereocenters. The van der Waals surface area contributed by atoms with Crippen LogP contribution in [-0.4, -0.2) is 167 Å². The molecule has 0 spiro atoms. The first-order chi connectivity index (χ1) is 24.8. The van der Waals surface area contributed by atoms with E-state index < -0.39 is 35.6 Å². The summed E-state index contributed by atoms with van der Waals surface area (Å²) in [5.74, 6) is -3.08. The second kappa shape index (κ2) is 24.9. The highest BCUT2D eigenvalue weighted by Crippen LogP contribution is 1.96. The summed E-state index contributed by atoms with van der Waals surface area (Å²) in [6.45, 7) is 16.4. The molecule has 3 aliphatic rings. The van der Waals surface area contributed by atoms with Crippen molar-refractivity contribution < 1.29 is 57.4 Å². The van der Waals surface area contributed by atoms with Gasteiger partial charge in [-0.1, -0.05) is 19.7 Å². The van der Waals surface area contributed by atoms with Gasteiger partial charge in [-0.15, -0.1) is 0 Å². The minimum Gasteiger partial charge on any atom is -0.452 e. The van der Waals surface area contributed by atoms with E-state index in [1.807, 2.05) is 0 Å². The highest BCUT2D eigenvalue weighted by atomic mass is 16.5. The number of carbonyl (C=O) groups is 9. The Morgan fingerprint density at radius 3 is 1.17 bits per heavy atom. The number of nitrogens with zero attached hydrogens (tertiary/aromatic N) is 3. The lowest BCUT2D eigenvalue weighted by molar-refractivity contribution is -0.144. The van der Waals surface area contributed by atoms with Crippen molar-refractivity contribution >= 4 is 53.7 Å². The van der Waals surface area contributed by atoms with Crippen molar-refractivity contribution in [2.45, 2.75) is 6.92 Å². The summed E-state index contributed by atoms with van der Waals surface area (Å²) < 4.78 is 13.7. The number of esters is 3. The Balaban J connectivity index is 0.000000390. The quantitative estimate of drug-likeness (QED) is 0.0466. The summed E-state index contributed by atoms with van der Waals surface area (Å²) >= 11 is 0. The molecule has 9 amide bonds. The fraction of sp³-hybridized carbons (Fsp3) is 0.516. The number of rotatable bonds is 18. The topological polar surface area (TPSA) is 263 Å². The maximum Gasteiger partial charge on any atom is 0.333 e. The summed E-state index contributed by atoms with van der Waals surface area (Å²) in [5, 5.41) is 15.6. The van der Waals surface area contributed by atoms with Crippen LogP contribution < -0.4 is 31.9 Å². The SMILES string of the molecule is C=C(C)C(=O)OCC(=O)NCCN1CCNC1=O.C=CC(=O)OCC(=O)NCCN1CCNC1=O.C=CC(=O)OCC(=O)NCCN1CCNC1=O. The van der Waals surface area contributed by atoms with Crippen LogP contribution in [-0.2, 0) is 43.0 Å². The predicted octanol–water partition coefficient (Wildman–Crippen LogP) is -3.04. The second-order valence-electron chi connectivity index (χ2n) is 10.7. The number of carbonyl (C=O) groups excluding carboxylic acids is 9. The summed E-state index contributed by atoms with van der Waals surface area (Å²) in [7, 11) is 0. The lowest BCUT2D eigenvalue weighted by Crippen LogP contribution is -2.38. The average molecular weight is 738 g/mol. The van der Waals surface area contributed by atoms with Crippen LogP contribution in [0.25, 0.3) is 0 Å². The van der Waals surface area contributed by atoms with Gasteiger partial charge in [0.15, 0.2) is 19.8 Å². The smallest absolute Gasteiger partial charge is 0.333 e. The highest BCUT2D eigenvalue weighted by Gasteiger charge is 2.20. The molecule has 0 radical (unpaired) electrons. The number of hydrogen-bond donors (Lipinski definition) is 6. The molecule has 0 aliphatic carbocycles. The zero-order valence-corrected chi connectivity index (χ0v) is 29.1. The molecule has 3 fully saturated rings. The number of amides is 9. The number of hydrogen-bond acceptors (Lipinski definition) is 12. The van der Waals surface area contributed by atoms with Crippen LogP contribution in [0.15, 0.2) is 37.5 Å². The molecule has 0 atom stereocenters. The van der Waals surface area contributed by atoms with Crippen molar-refractivity contribution in [3.05, 3.63) is 37.5 Å². The predicted molar refractivity (Wildman–Crippen MR) is 182 cm³/mol. The molecule has 288 valence electrons. The largest absolute Gasteiger partial charge is 0.452 e. The van der Waals surface area contributed by atoms with Crippen molar-refractivity contribution in [3.63, 3.8) is 0 Å². The van der Waals surface area contributed by atoms with Crippen LogP contribution >= 0.6 is 0 Å². The molecule has 0 aromatic carbocycles. The van der Waals surface area contributed by atoms with E-state index in [4.69, 9.17) is 0 Å². The molecule has 21 nitrogen and oxygen atoms in total. The lowest BCUT2D eigenvalue weighted by atomic mass is 10.4. The molecule has 3 rings (SSSR count). The molecule has 0 aromatic rings. The Hall–Kier alpha value is -6.15. The van der Waals surface area contributed by atoms with E-state index in [9.17, 15) is 43.2 Å². The third-order valence-electron chi connectivity index (χ3n) is 6.65. The Kier molecular flexibility index (Phi) is 21.0. The van der Waals surface area contributed by atoms with Gasteiger partial charge in [-0.05, 0) is 6.92 Å². The minimum atomic E-state index is -0.640. The molecular formula is C31H47N9O12. The second-order valence-corrected chi connectivity index (χ2v) is 10.7. The van der Waals surface area contributed by atoms with Crippen LogP contribution in [0.4, 0.5) is 14.4 Å². The highest BCUT2D eigenvalue weighted by molar-refractivity contribution is 5.89. The fourth-order valence-corrected chi connectivity index (χ4v) is 3.96. The van der Waals surface area contributed by atoms with E-state index in [0.29, 0.717) is 78.5 Å². The van der Waals surface area contributed by atoms with E-state index in [1.165, 1.54) is 6.92 Å². The first kappa shape index (κ1) is 43.9. The van der Waals surface area contributed by atoms with E-state index in [-0.39, 0.29) is 43.5 Å². The van der Waals surface area contributed by atoms with Crippen molar-refractivity contribution in [1.82, 2.24) is 46.6 Å². The van der Waals surface area contributed by atoms with Gasteiger partial charge in [0.2, 0.25) is 0 Å². The van der Waals surface area contributed by atoms with E-state index in [2.05, 4.69) is 65.8 Å². The number of urea groups is 3. The zero-order chi connectivity index (χ0) is 38.9. The summed E-state index contributed by atoms with van der Waals surface area (Å²) in [4.78, 5) is 104. The molecule has 3 aliphatic heterocycles. The summed E-state index contributed by atoms with van der Waals surface area (Å²) in [6.07, 6.45) is 1.98. The van der Waals surface area contributed by atoms with Gasteiger partial charge < -0.3 is 60.8 Å². The van der Waals surface area contributed by atoms with Crippen molar-refractivity contribution in [2.24, 2.45) is 0 Å². The molecule has 0 bridgehead atoms. The third-order valence-corrected chi connectivity index (χ3v) is 6.65. The van der Waals surface area contributed by atoms with E-state index >= 15 is 0 Å². The van der Waals surface area contributed by atoms with E-state index in [0.717, 1.165) is 12.2 Å². The molecule has 21 heteroatoms. The normalized spacial score (nSPS) is 14.1. The Morgan fingerprint density at radius 2 is 0.923 bits per heavy atom. The summed E-state index contributed by atoms with van der Waals surface area (Å²) in [5.41, 5.74) is 0.247. The molecule has 6 N–H and O–H groups in total. The van der Waals surface area contributed by atoms with Crippen molar-refractivity contribution in [3.8, 4) is 0 Å². The van der Waals surface area contributed by atoms with Gasteiger partial charge in [-0.3, -0.25) is 14.4 Å². The monoisotopic (exact) mass is 737 g/mol. The van der Waals surface area contributed by atoms with Gasteiger partial charge in [-0.25, -0.2) is 28.8 Å².